The summed E-state index contributed by atoms with van der Waals surface area (Å²) in [5.74, 6) is -2.14. The highest BCUT2D eigenvalue weighted by Gasteiger charge is 2.83. The molecule has 0 aromatic rings. The van der Waals surface area contributed by atoms with E-state index in [0.29, 0.717) is 19.4 Å². The van der Waals surface area contributed by atoms with Crippen LogP contribution in [0.3, 0.4) is 0 Å². The molecule has 0 radical (unpaired) electrons. The summed E-state index contributed by atoms with van der Waals surface area (Å²) in [5, 5.41) is 15.8. The van der Waals surface area contributed by atoms with Crippen molar-refractivity contribution < 1.29 is 19.2 Å². The van der Waals surface area contributed by atoms with Gasteiger partial charge in [0.25, 0.3) is 0 Å². The van der Waals surface area contributed by atoms with E-state index < -0.39 is 46.2 Å². The number of nitrogens with zero attached hydrogens (tertiary/aromatic N) is 3. The SMILES string of the molecule is CN(C)C(=O)N[C@H](C(=O)N1CC2C(C)(C)C2([C@@H](C#N)C[C@H]2CCNC2=O)C1C(N)=O)C(C)(C)C. The fraction of sp³-hybridized carbons (Fsp3) is 0.792. The fourth-order valence-corrected chi connectivity index (χ4v) is 6.49. The highest BCUT2D eigenvalue weighted by molar-refractivity contribution is 5.94. The van der Waals surface area contributed by atoms with Crippen molar-refractivity contribution in [1.82, 2.24) is 20.4 Å². The van der Waals surface area contributed by atoms with Gasteiger partial charge in [-0.2, -0.15) is 5.26 Å². The molecule has 0 spiro atoms. The summed E-state index contributed by atoms with van der Waals surface area (Å²) in [7, 11) is 3.18. The van der Waals surface area contributed by atoms with Gasteiger partial charge in [0.05, 0.1) is 12.0 Å². The minimum absolute atomic E-state index is 0.0765. The molecule has 2 aliphatic heterocycles. The number of nitrogens with two attached hydrogens (primary N) is 1. The van der Waals surface area contributed by atoms with E-state index in [4.69, 9.17) is 5.73 Å². The molecule has 4 N–H and O–H groups in total. The van der Waals surface area contributed by atoms with Crippen molar-refractivity contribution in [3.63, 3.8) is 0 Å². The van der Waals surface area contributed by atoms with Gasteiger partial charge in [-0.15, -0.1) is 0 Å². The van der Waals surface area contributed by atoms with Crippen LogP contribution in [0.2, 0.25) is 0 Å². The smallest absolute Gasteiger partial charge is 0.317 e. The van der Waals surface area contributed by atoms with E-state index in [9.17, 15) is 24.4 Å². The highest BCUT2D eigenvalue weighted by Crippen LogP contribution is 2.78. The Labute approximate surface area is 201 Å². The number of carbonyl (C=O) groups is 4. The number of fused-ring (bicyclic) bond motifs is 1. The zero-order chi connectivity index (χ0) is 25.8. The van der Waals surface area contributed by atoms with Crippen LogP contribution in [-0.4, -0.2) is 72.8 Å². The zero-order valence-corrected chi connectivity index (χ0v) is 21.3. The second-order valence-corrected chi connectivity index (χ2v) is 11.8. The van der Waals surface area contributed by atoms with Crippen LogP contribution >= 0.6 is 0 Å². The van der Waals surface area contributed by atoms with Gasteiger partial charge >= 0.3 is 6.03 Å². The number of amides is 5. The molecule has 0 aromatic heterocycles. The van der Waals surface area contributed by atoms with Crippen LogP contribution < -0.4 is 16.4 Å². The van der Waals surface area contributed by atoms with Crippen molar-refractivity contribution in [2.24, 2.45) is 39.7 Å². The Morgan fingerprint density at radius 1 is 1.32 bits per heavy atom. The number of primary amides is 1. The third kappa shape index (κ3) is 3.79. The van der Waals surface area contributed by atoms with E-state index in [1.807, 2.05) is 34.6 Å². The molecule has 0 bridgehead atoms. The molecule has 1 saturated carbocycles. The lowest BCUT2D eigenvalue weighted by Crippen LogP contribution is -2.61. The van der Waals surface area contributed by atoms with Crippen LogP contribution in [0.25, 0.3) is 0 Å². The summed E-state index contributed by atoms with van der Waals surface area (Å²) in [4.78, 5) is 54.2. The van der Waals surface area contributed by atoms with Crippen LogP contribution in [0.5, 0.6) is 0 Å². The summed E-state index contributed by atoms with van der Waals surface area (Å²) in [6, 6.07) is 0.0898. The van der Waals surface area contributed by atoms with Gasteiger partial charge in [0, 0.05) is 38.5 Å². The molecule has 6 atom stereocenters. The van der Waals surface area contributed by atoms with E-state index >= 15 is 0 Å². The van der Waals surface area contributed by atoms with Gasteiger partial charge in [-0.05, 0) is 29.6 Å². The minimum atomic E-state index is -0.991. The van der Waals surface area contributed by atoms with Crippen LogP contribution in [0.4, 0.5) is 4.79 Å². The van der Waals surface area contributed by atoms with Gasteiger partial charge in [0.2, 0.25) is 17.7 Å². The molecule has 1 aliphatic carbocycles. The van der Waals surface area contributed by atoms with Gasteiger partial charge in [-0.25, -0.2) is 4.79 Å². The first-order chi connectivity index (χ1) is 15.6. The minimum Gasteiger partial charge on any atom is -0.368 e. The number of nitrogens with one attached hydrogen (secondary N) is 2. The molecule has 3 fully saturated rings. The van der Waals surface area contributed by atoms with E-state index in [1.54, 1.807) is 14.1 Å². The quantitative estimate of drug-likeness (QED) is 0.517. The molecule has 10 nitrogen and oxygen atoms in total. The standard InChI is InChI=1S/C24H38N6O4/c1-22(2,3)16(28-21(34)29(6)7)20(33)30-12-15-23(4,5)24(15,17(30)18(26)31)14(11-25)10-13-8-9-27-19(13)32/h13-17H,8-10,12H2,1-7H3,(H2,26,31)(H,27,32)(H,28,34)/t13-,14-,15?,16-,17?,24?/m1/s1. The molecule has 34 heavy (non-hydrogen) atoms. The number of carbonyl (C=O) groups excluding carboxylic acids is 4. The second-order valence-electron chi connectivity index (χ2n) is 11.8. The predicted octanol–water partition coefficient (Wildman–Crippen LogP) is 0.677. The van der Waals surface area contributed by atoms with Gasteiger partial charge in [0.15, 0.2) is 0 Å². The molecule has 188 valence electrons. The number of likely N-dealkylation sites (tertiary alicyclic amines) is 1. The van der Waals surface area contributed by atoms with Gasteiger partial charge in [-0.1, -0.05) is 34.6 Å². The topological polar surface area (TPSA) is 149 Å². The summed E-state index contributed by atoms with van der Waals surface area (Å²) in [5.41, 5.74) is 4.06. The number of hydrogen-bond acceptors (Lipinski definition) is 5. The van der Waals surface area contributed by atoms with Crippen molar-refractivity contribution in [1.29, 1.82) is 5.26 Å². The molecule has 2 saturated heterocycles. The number of urea groups is 1. The van der Waals surface area contributed by atoms with Crippen molar-refractivity contribution in [3.05, 3.63) is 0 Å². The van der Waals surface area contributed by atoms with Crippen LogP contribution in [0.15, 0.2) is 0 Å². The Morgan fingerprint density at radius 2 is 1.94 bits per heavy atom. The zero-order valence-electron chi connectivity index (χ0n) is 21.3. The number of piperidine rings is 1. The molecule has 2 heterocycles. The molecule has 10 heteroatoms. The Kier molecular flexibility index (Phi) is 6.40. The Bertz CT molecular complexity index is 933. The molecular weight excluding hydrogens is 436 g/mol. The number of hydrogen-bond donors (Lipinski definition) is 3. The van der Waals surface area contributed by atoms with E-state index in [1.165, 1.54) is 9.80 Å². The van der Waals surface area contributed by atoms with Gasteiger partial charge in [-0.3, -0.25) is 14.4 Å². The Hall–Kier alpha value is -2.83. The molecule has 3 rings (SSSR count). The average Bonchev–Trinajstić information content (AvgIpc) is 3.08. The maximum absolute atomic E-state index is 13.8. The maximum Gasteiger partial charge on any atom is 0.317 e. The van der Waals surface area contributed by atoms with E-state index in [2.05, 4.69) is 16.7 Å². The lowest BCUT2D eigenvalue weighted by Gasteiger charge is -2.40. The van der Waals surface area contributed by atoms with Crippen molar-refractivity contribution in [3.8, 4) is 6.07 Å². The van der Waals surface area contributed by atoms with E-state index in [-0.39, 0.29) is 30.2 Å². The van der Waals surface area contributed by atoms with Crippen LogP contribution in [-0.2, 0) is 14.4 Å². The third-order valence-electron chi connectivity index (χ3n) is 8.38. The first-order valence-corrected chi connectivity index (χ1v) is 11.9. The molecular formula is C24H38N6O4. The Balaban J connectivity index is 1.98. The largest absolute Gasteiger partial charge is 0.368 e. The lowest BCUT2D eigenvalue weighted by atomic mass is 9.73. The van der Waals surface area contributed by atoms with Crippen molar-refractivity contribution in [2.75, 3.05) is 27.2 Å². The second kappa shape index (κ2) is 8.43. The van der Waals surface area contributed by atoms with Crippen LogP contribution in [0.1, 0.15) is 47.5 Å². The molecule has 0 aromatic carbocycles. The first-order valence-electron chi connectivity index (χ1n) is 11.9. The average molecular weight is 475 g/mol. The summed E-state index contributed by atoms with van der Waals surface area (Å²) >= 11 is 0. The van der Waals surface area contributed by atoms with Gasteiger partial charge < -0.3 is 26.2 Å². The van der Waals surface area contributed by atoms with Crippen molar-refractivity contribution in [2.45, 2.75) is 59.5 Å². The van der Waals surface area contributed by atoms with Crippen molar-refractivity contribution >= 4 is 23.8 Å². The molecule has 5 amide bonds. The monoisotopic (exact) mass is 474 g/mol. The number of rotatable bonds is 6. The maximum atomic E-state index is 13.8. The number of nitriles is 1. The summed E-state index contributed by atoms with van der Waals surface area (Å²) in [6.07, 6.45) is 0.971. The third-order valence-corrected chi connectivity index (χ3v) is 8.38. The van der Waals surface area contributed by atoms with E-state index in [0.717, 1.165) is 0 Å². The van der Waals surface area contributed by atoms with Crippen LogP contribution in [0, 0.1) is 45.3 Å². The first kappa shape index (κ1) is 25.8. The summed E-state index contributed by atoms with van der Waals surface area (Å²) < 4.78 is 0. The highest BCUT2D eigenvalue weighted by atomic mass is 16.2. The molecule has 3 unspecified atom stereocenters. The molecule has 3 aliphatic rings. The predicted molar refractivity (Wildman–Crippen MR) is 125 cm³/mol. The fourth-order valence-electron chi connectivity index (χ4n) is 6.49. The Morgan fingerprint density at radius 3 is 2.38 bits per heavy atom. The summed E-state index contributed by atoms with van der Waals surface area (Å²) in [6.45, 7) is 10.4. The van der Waals surface area contributed by atoms with Gasteiger partial charge in [0.1, 0.15) is 12.1 Å². The lowest BCUT2D eigenvalue weighted by molar-refractivity contribution is -0.144. The normalized spacial score (nSPS) is 31.1.